The second-order valence-electron chi connectivity index (χ2n) is 8.86. The Bertz CT molecular complexity index is 1600. The first-order valence-corrected chi connectivity index (χ1v) is 14.4. The van der Waals surface area contributed by atoms with Gasteiger partial charge in [-0.25, -0.2) is 12.8 Å². The lowest BCUT2D eigenvalue weighted by molar-refractivity contribution is -0.163. The van der Waals surface area contributed by atoms with Crippen LogP contribution < -0.4 is 4.72 Å². The van der Waals surface area contributed by atoms with Crippen LogP contribution in [0, 0.1) is 5.82 Å². The standard InChI is InChI=1S/C27H21F7N2O4S2/c28-18-3-1-6-21(15-18)42(38,39)35-19-4-2-5-20(16-19)41-22-9-7-17(8-10-23(37)36-11-13-40-14-12-36)24(26(29,30)31)25(22)27(32,33)34/h1-10,15-16,35H,11-14H2/b10-8+. The lowest BCUT2D eigenvalue weighted by Gasteiger charge is -2.25. The third-order valence-electron chi connectivity index (χ3n) is 5.91. The van der Waals surface area contributed by atoms with E-state index < -0.39 is 60.6 Å². The van der Waals surface area contributed by atoms with Gasteiger partial charge < -0.3 is 9.64 Å². The normalized spacial score (nSPS) is 14.8. The Morgan fingerprint density at radius 1 is 0.905 bits per heavy atom. The largest absolute Gasteiger partial charge is 0.418 e. The number of sulfonamides is 1. The fraction of sp³-hybridized carbons (Fsp3) is 0.222. The SMILES string of the molecule is O=C(/C=C/c1ccc(Sc2cccc(NS(=O)(=O)c3cccc(F)c3)c2)c(C(F)(F)F)c1C(F)(F)F)N1CCOCC1. The molecule has 1 saturated heterocycles. The molecule has 1 amide bonds. The molecule has 1 N–H and O–H groups in total. The van der Waals surface area contributed by atoms with Crippen molar-refractivity contribution in [2.45, 2.75) is 27.0 Å². The molecule has 1 heterocycles. The summed E-state index contributed by atoms with van der Waals surface area (Å²) >= 11 is 0.338. The van der Waals surface area contributed by atoms with Gasteiger partial charge in [-0.3, -0.25) is 9.52 Å². The minimum Gasteiger partial charge on any atom is -0.378 e. The lowest BCUT2D eigenvalue weighted by Crippen LogP contribution is -2.39. The van der Waals surface area contributed by atoms with Crippen LogP contribution in [-0.2, 0) is 31.9 Å². The molecular weight excluding hydrogens is 613 g/mol. The summed E-state index contributed by atoms with van der Waals surface area (Å²) in [6.45, 7) is 0.836. The molecule has 1 aliphatic heterocycles. The van der Waals surface area contributed by atoms with Crippen molar-refractivity contribution in [2.24, 2.45) is 0 Å². The smallest absolute Gasteiger partial charge is 0.378 e. The van der Waals surface area contributed by atoms with E-state index in [1.54, 1.807) is 0 Å². The Hall–Kier alpha value is -3.56. The topological polar surface area (TPSA) is 75.7 Å². The average Bonchev–Trinajstić information content (AvgIpc) is 2.91. The predicted octanol–water partition coefficient (Wildman–Crippen LogP) is 6.69. The molecule has 1 aliphatic rings. The maximum Gasteiger partial charge on any atom is 0.418 e. The van der Waals surface area contributed by atoms with Crippen molar-refractivity contribution in [1.29, 1.82) is 0 Å². The second-order valence-corrected chi connectivity index (χ2v) is 11.7. The molecule has 42 heavy (non-hydrogen) atoms. The van der Waals surface area contributed by atoms with Gasteiger partial charge in [0.15, 0.2) is 0 Å². The van der Waals surface area contributed by atoms with Crippen LogP contribution in [0.25, 0.3) is 6.08 Å². The number of amides is 1. The number of halogens is 7. The van der Waals surface area contributed by atoms with Gasteiger partial charge in [-0.1, -0.05) is 30.0 Å². The van der Waals surface area contributed by atoms with Crippen LogP contribution in [0.4, 0.5) is 36.4 Å². The second kappa shape index (κ2) is 12.4. The lowest BCUT2D eigenvalue weighted by atomic mass is 9.99. The Morgan fingerprint density at radius 2 is 1.57 bits per heavy atom. The van der Waals surface area contributed by atoms with Crippen molar-refractivity contribution in [1.82, 2.24) is 4.90 Å². The van der Waals surface area contributed by atoms with Crippen LogP contribution >= 0.6 is 11.8 Å². The number of hydrogen-bond donors (Lipinski definition) is 1. The van der Waals surface area contributed by atoms with Gasteiger partial charge in [0.2, 0.25) is 5.91 Å². The molecule has 0 spiro atoms. The van der Waals surface area contributed by atoms with E-state index in [9.17, 15) is 43.9 Å². The van der Waals surface area contributed by atoms with Crippen LogP contribution in [0.5, 0.6) is 0 Å². The summed E-state index contributed by atoms with van der Waals surface area (Å²) in [4.78, 5) is 12.5. The quantitative estimate of drug-likeness (QED) is 0.232. The molecule has 3 aromatic rings. The highest BCUT2D eigenvalue weighted by molar-refractivity contribution is 7.99. The molecule has 6 nitrogen and oxygen atoms in total. The van der Waals surface area contributed by atoms with Gasteiger partial charge in [0.05, 0.1) is 29.2 Å². The predicted molar refractivity (Wildman–Crippen MR) is 141 cm³/mol. The minimum absolute atomic E-state index is 0.0149. The van der Waals surface area contributed by atoms with E-state index in [1.165, 1.54) is 29.2 Å². The highest BCUT2D eigenvalue weighted by Crippen LogP contribution is 2.48. The number of carbonyl (C=O) groups is 1. The molecule has 3 aromatic carbocycles. The molecule has 224 valence electrons. The molecule has 0 saturated carbocycles. The summed E-state index contributed by atoms with van der Waals surface area (Å²) in [5, 5.41) is 0. The summed E-state index contributed by atoms with van der Waals surface area (Å²) in [6, 6.07) is 10.8. The summed E-state index contributed by atoms with van der Waals surface area (Å²) in [6.07, 6.45) is -9.39. The average molecular weight is 635 g/mol. The Kier molecular flexibility index (Phi) is 9.23. The summed E-state index contributed by atoms with van der Waals surface area (Å²) in [5.41, 5.74) is -4.88. The Morgan fingerprint density at radius 3 is 2.21 bits per heavy atom. The van der Waals surface area contributed by atoms with Gasteiger partial charge in [0.1, 0.15) is 5.82 Å². The van der Waals surface area contributed by atoms with Crippen molar-refractivity contribution in [2.75, 3.05) is 31.0 Å². The van der Waals surface area contributed by atoms with Crippen molar-refractivity contribution in [3.05, 3.63) is 89.2 Å². The number of rotatable bonds is 7. The maximum absolute atomic E-state index is 14.2. The number of nitrogens with one attached hydrogen (secondary N) is 1. The zero-order valence-electron chi connectivity index (χ0n) is 21.3. The van der Waals surface area contributed by atoms with E-state index in [0.717, 1.165) is 42.5 Å². The number of benzene rings is 3. The van der Waals surface area contributed by atoms with E-state index in [-0.39, 0.29) is 36.9 Å². The summed E-state index contributed by atoms with van der Waals surface area (Å²) in [5.74, 6) is -1.48. The molecule has 15 heteroatoms. The zero-order valence-corrected chi connectivity index (χ0v) is 22.9. The number of alkyl halides is 6. The van der Waals surface area contributed by atoms with E-state index in [0.29, 0.717) is 17.8 Å². The fourth-order valence-corrected chi connectivity index (χ4v) is 6.18. The number of anilines is 1. The van der Waals surface area contributed by atoms with Crippen molar-refractivity contribution >= 4 is 39.5 Å². The first-order chi connectivity index (χ1) is 19.6. The maximum atomic E-state index is 14.2. The molecular formula is C27H21F7N2O4S2. The first-order valence-electron chi connectivity index (χ1n) is 12.1. The van der Waals surface area contributed by atoms with Gasteiger partial charge in [-0.2, -0.15) is 26.3 Å². The monoisotopic (exact) mass is 634 g/mol. The number of ether oxygens (including phenoxy) is 1. The third kappa shape index (κ3) is 7.63. The molecule has 0 bridgehead atoms. The molecule has 0 aliphatic carbocycles. The van der Waals surface area contributed by atoms with Gasteiger partial charge in [0.25, 0.3) is 10.0 Å². The zero-order chi connectivity index (χ0) is 30.7. The number of carbonyl (C=O) groups excluding carboxylic acids is 1. The number of hydrogen-bond acceptors (Lipinski definition) is 5. The highest BCUT2D eigenvalue weighted by atomic mass is 32.2. The van der Waals surface area contributed by atoms with E-state index in [2.05, 4.69) is 4.72 Å². The molecule has 0 aromatic heterocycles. The van der Waals surface area contributed by atoms with Crippen molar-refractivity contribution in [3.63, 3.8) is 0 Å². The van der Waals surface area contributed by atoms with Crippen LogP contribution in [0.15, 0.2) is 81.4 Å². The van der Waals surface area contributed by atoms with Crippen LogP contribution in [0.3, 0.4) is 0 Å². The van der Waals surface area contributed by atoms with E-state index >= 15 is 0 Å². The summed E-state index contributed by atoms with van der Waals surface area (Å²) in [7, 11) is -4.28. The van der Waals surface area contributed by atoms with Crippen LogP contribution in [0.1, 0.15) is 16.7 Å². The van der Waals surface area contributed by atoms with Crippen molar-refractivity contribution < 1.29 is 48.7 Å². The minimum atomic E-state index is -5.44. The molecule has 0 radical (unpaired) electrons. The molecule has 0 unspecified atom stereocenters. The summed E-state index contributed by atoms with van der Waals surface area (Å²) < 4.78 is 131. The third-order valence-corrected chi connectivity index (χ3v) is 8.34. The fourth-order valence-electron chi connectivity index (χ4n) is 4.06. The number of nitrogens with zero attached hydrogens (tertiary/aromatic N) is 1. The molecule has 1 fully saturated rings. The van der Waals surface area contributed by atoms with E-state index in [1.807, 2.05) is 0 Å². The number of morpholine rings is 1. The Balaban J connectivity index is 1.69. The molecule has 0 atom stereocenters. The van der Waals surface area contributed by atoms with Crippen LogP contribution in [-0.4, -0.2) is 45.5 Å². The van der Waals surface area contributed by atoms with Gasteiger partial charge in [-0.05, 0) is 54.1 Å². The first kappa shape index (κ1) is 31.4. The van der Waals surface area contributed by atoms with Gasteiger partial charge in [0, 0.05) is 34.6 Å². The van der Waals surface area contributed by atoms with E-state index in [4.69, 9.17) is 4.74 Å². The highest BCUT2D eigenvalue weighted by Gasteiger charge is 2.46. The Labute approximate surface area is 240 Å². The van der Waals surface area contributed by atoms with Crippen LogP contribution in [0.2, 0.25) is 0 Å². The van der Waals surface area contributed by atoms with Crippen molar-refractivity contribution in [3.8, 4) is 0 Å². The van der Waals surface area contributed by atoms with Gasteiger partial charge >= 0.3 is 12.4 Å². The molecule has 4 rings (SSSR count). The van der Waals surface area contributed by atoms with Gasteiger partial charge in [-0.15, -0.1) is 0 Å².